The molecule has 20 heavy (non-hydrogen) atoms. The second-order valence-electron chi connectivity index (χ2n) is 4.89. The maximum absolute atomic E-state index is 12.8. The third kappa shape index (κ3) is 2.63. The van der Waals surface area contributed by atoms with E-state index in [0.717, 1.165) is 10.0 Å². The number of ketones is 1. The lowest BCUT2D eigenvalue weighted by Crippen LogP contribution is -2.15. The van der Waals surface area contributed by atoms with Crippen LogP contribution in [0.1, 0.15) is 41.5 Å². The lowest BCUT2D eigenvalue weighted by molar-refractivity contribution is 0.102. The molecule has 0 N–H and O–H groups in total. The fraction of sp³-hybridized carbons (Fsp3) is 0.333. The Morgan fingerprint density at radius 1 is 1.40 bits per heavy atom. The molecule has 2 rings (SSSR count). The molecule has 1 aromatic carbocycles. The fourth-order valence-corrected chi connectivity index (χ4v) is 2.43. The number of carbonyl (C=O) groups excluding carboxylic acids is 1. The minimum absolute atomic E-state index is 0.0770. The number of aromatic nitrogens is 2. The minimum atomic E-state index is -0.0770. The van der Waals surface area contributed by atoms with Crippen LogP contribution in [0.15, 0.2) is 28.9 Å². The summed E-state index contributed by atoms with van der Waals surface area (Å²) in [5.41, 5.74) is 2.07. The van der Waals surface area contributed by atoms with Crippen LogP contribution in [0.4, 0.5) is 0 Å². The highest BCUT2D eigenvalue weighted by molar-refractivity contribution is 9.10. The molecule has 0 amide bonds. The predicted octanol–water partition coefficient (Wildman–Crippen LogP) is 3.77. The average Bonchev–Trinajstić information content (AvgIpc) is 2.84. The van der Waals surface area contributed by atoms with Gasteiger partial charge in [0.1, 0.15) is 0 Å². The van der Waals surface area contributed by atoms with Gasteiger partial charge in [-0.2, -0.15) is 5.10 Å². The first-order chi connectivity index (χ1) is 9.45. The summed E-state index contributed by atoms with van der Waals surface area (Å²) in [6.07, 6.45) is 1.58. The number of aryl methyl sites for hydroxylation is 1. The molecule has 4 nitrogen and oxygen atoms in total. The van der Waals surface area contributed by atoms with Crippen molar-refractivity contribution >= 4 is 21.7 Å². The summed E-state index contributed by atoms with van der Waals surface area (Å²) in [6.45, 7) is 5.89. The van der Waals surface area contributed by atoms with E-state index in [4.69, 9.17) is 4.74 Å². The smallest absolute Gasteiger partial charge is 0.215 e. The lowest BCUT2D eigenvalue weighted by Gasteiger charge is -2.12. The van der Waals surface area contributed by atoms with E-state index in [2.05, 4.69) is 21.0 Å². The minimum Gasteiger partial charge on any atom is -0.493 e. The molecular weight excluding hydrogens is 320 g/mol. The van der Waals surface area contributed by atoms with Crippen molar-refractivity contribution in [2.24, 2.45) is 0 Å². The number of carbonyl (C=O) groups is 1. The molecule has 0 saturated carbocycles. The van der Waals surface area contributed by atoms with Gasteiger partial charge in [0, 0.05) is 16.1 Å². The molecule has 0 fully saturated rings. The van der Waals surface area contributed by atoms with Gasteiger partial charge in [-0.3, -0.25) is 9.48 Å². The molecular formula is C15H17BrN2O2. The van der Waals surface area contributed by atoms with Crippen LogP contribution in [0, 0.1) is 6.92 Å². The van der Waals surface area contributed by atoms with Crippen molar-refractivity contribution in [3.8, 4) is 5.75 Å². The molecule has 0 aliphatic carbocycles. The van der Waals surface area contributed by atoms with E-state index in [0.29, 0.717) is 17.0 Å². The summed E-state index contributed by atoms with van der Waals surface area (Å²) in [7, 11) is 1.55. The zero-order valence-corrected chi connectivity index (χ0v) is 13.6. The van der Waals surface area contributed by atoms with Crippen LogP contribution >= 0.6 is 15.9 Å². The Hall–Kier alpha value is -1.62. The van der Waals surface area contributed by atoms with Crippen molar-refractivity contribution in [1.29, 1.82) is 0 Å². The second-order valence-corrected chi connectivity index (χ2v) is 5.80. The van der Waals surface area contributed by atoms with Crippen molar-refractivity contribution < 1.29 is 9.53 Å². The number of ether oxygens (including phenoxy) is 1. The van der Waals surface area contributed by atoms with Crippen molar-refractivity contribution in [1.82, 2.24) is 9.78 Å². The summed E-state index contributed by atoms with van der Waals surface area (Å²) in [5.74, 6) is 0.426. The summed E-state index contributed by atoms with van der Waals surface area (Å²) in [4.78, 5) is 12.8. The Bertz CT molecular complexity index is 647. The number of methoxy groups -OCH3 is 1. The van der Waals surface area contributed by atoms with Gasteiger partial charge in [-0.25, -0.2) is 0 Å². The molecule has 0 atom stereocenters. The standard InChI is InChI=1S/C15H17BrN2O2/c1-9(2)18-14(13(20-4)8-17-18)15(19)12-7-11(16)6-5-10(12)3/h5-9H,1-4H3. The Labute approximate surface area is 126 Å². The quantitative estimate of drug-likeness (QED) is 0.798. The molecule has 2 aromatic rings. The highest BCUT2D eigenvalue weighted by Crippen LogP contribution is 2.26. The number of nitrogens with zero attached hydrogens (tertiary/aromatic N) is 2. The Morgan fingerprint density at radius 2 is 2.10 bits per heavy atom. The van der Waals surface area contributed by atoms with Gasteiger partial charge in [-0.15, -0.1) is 0 Å². The van der Waals surface area contributed by atoms with Crippen molar-refractivity contribution in [3.05, 3.63) is 45.7 Å². The van der Waals surface area contributed by atoms with Crippen molar-refractivity contribution in [2.45, 2.75) is 26.8 Å². The number of rotatable bonds is 4. The van der Waals surface area contributed by atoms with Gasteiger partial charge in [0.15, 0.2) is 11.4 Å². The Balaban J connectivity index is 2.58. The predicted molar refractivity (Wildman–Crippen MR) is 81.5 cm³/mol. The van der Waals surface area contributed by atoms with E-state index in [1.807, 2.05) is 39.0 Å². The maximum atomic E-state index is 12.8. The number of benzene rings is 1. The summed E-state index contributed by atoms with van der Waals surface area (Å²) in [6, 6.07) is 5.75. The van der Waals surface area contributed by atoms with Crippen LogP contribution < -0.4 is 4.74 Å². The first-order valence-corrected chi connectivity index (χ1v) is 7.17. The SMILES string of the molecule is COc1cnn(C(C)C)c1C(=O)c1cc(Br)ccc1C. The van der Waals surface area contributed by atoms with Crippen LogP contribution in [0.25, 0.3) is 0 Å². The summed E-state index contributed by atoms with van der Waals surface area (Å²) in [5, 5.41) is 4.24. The van der Waals surface area contributed by atoms with E-state index >= 15 is 0 Å². The Kier molecular flexibility index (Phi) is 4.28. The van der Waals surface area contributed by atoms with Crippen LogP contribution in [0.3, 0.4) is 0 Å². The van der Waals surface area contributed by atoms with E-state index in [1.165, 1.54) is 0 Å². The Morgan fingerprint density at radius 3 is 2.70 bits per heavy atom. The topological polar surface area (TPSA) is 44.1 Å². The molecule has 0 bridgehead atoms. The van der Waals surface area contributed by atoms with Crippen LogP contribution in [0.2, 0.25) is 0 Å². The molecule has 0 spiro atoms. The van der Waals surface area contributed by atoms with Crippen LogP contribution in [-0.4, -0.2) is 22.7 Å². The van der Waals surface area contributed by atoms with Gasteiger partial charge in [-0.1, -0.05) is 22.0 Å². The normalized spacial score (nSPS) is 10.9. The molecule has 0 aliphatic rings. The molecule has 0 unspecified atom stereocenters. The van der Waals surface area contributed by atoms with Crippen LogP contribution in [-0.2, 0) is 0 Å². The molecule has 0 aliphatic heterocycles. The average molecular weight is 337 g/mol. The van der Waals surface area contributed by atoms with Gasteiger partial charge >= 0.3 is 0 Å². The molecule has 1 heterocycles. The molecule has 0 saturated heterocycles. The van der Waals surface area contributed by atoms with Gasteiger partial charge in [0.2, 0.25) is 5.78 Å². The third-order valence-electron chi connectivity index (χ3n) is 3.13. The number of hydrogen-bond donors (Lipinski definition) is 0. The second kappa shape index (κ2) is 5.79. The summed E-state index contributed by atoms with van der Waals surface area (Å²) < 4.78 is 7.84. The van der Waals surface area contributed by atoms with Crippen molar-refractivity contribution in [2.75, 3.05) is 7.11 Å². The van der Waals surface area contributed by atoms with Crippen LogP contribution in [0.5, 0.6) is 5.75 Å². The van der Waals surface area contributed by atoms with Gasteiger partial charge in [-0.05, 0) is 38.5 Å². The summed E-state index contributed by atoms with van der Waals surface area (Å²) >= 11 is 3.41. The monoisotopic (exact) mass is 336 g/mol. The zero-order chi connectivity index (χ0) is 14.9. The first-order valence-electron chi connectivity index (χ1n) is 6.38. The maximum Gasteiger partial charge on any atom is 0.215 e. The largest absolute Gasteiger partial charge is 0.493 e. The molecule has 1 aromatic heterocycles. The lowest BCUT2D eigenvalue weighted by atomic mass is 10.0. The highest BCUT2D eigenvalue weighted by atomic mass is 79.9. The number of halogens is 1. The van der Waals surface area contributed by atoms with E-state index in [1.54, 1.807) is 18.0 Å². The molecule has 106 valence electrons. The van der Waals surface area contributed by atoms with E-state index in [-0.39, 0.29) is 11.8 Å². The van der Waals surface area contributed by atoms with Gasteiger partial charge in [0.25, 0.3) is 0 Å². The van der Waals surface area contributed by atoms with Gasteiger partial charge < -0.3 is 4.74 Å². The molecule has 0 radical (unpaired) electrons. The van der Waals surface area contributed by atoms with Gasteiger partial charge in [0.05, 0.1) is 13.3 Å². The highest BCUT2D eigenvalue weighted by Gasteiger charge is 2.23. The number of hydrogen-bond acceptors (Lipinski definition) is 3. The third-order valence-corrected chi connectivity index (χ3v) is 3.62. The van der Waals surface area contributed by atoms with E-state index < -0.39 is 0 Å². The van der Waals surface area contributed by atoms with E-state index in [9.17, 15) is 4.79 Å². The zero-order valence-electron chi connectivity index (χ0n) is 12.0. The molecule has 5 heteroatoms. The van der Waals surface area contributed by atoms with Crippen molar-refractivity contribution in [3.63, 3.8) is 0 Å². The fourth-order valence-electron chi connectivity index (χ4n) is 2.07. The first kappa shape index (κ1) is 14.8.